The lowest BCUT2D eigenvalue weighted by Crippen LogP contribution is -2.09. The van der Waals surface area contributed by atoms with Crippen LogP contribution in [-0.4, -0.2) is 5.91 Å². The van der Waals surface area contributed by atoms with E-state index >= 15 is 0 Å². The molecule has 0 saturated heterocycles. The zero-order valence-electron chi connectivity index (χ0n) is 13.7. The van der Waals surface area contributed by atoms with Crippen molar-refractivity contribution in [1.82, 2.24) is 0 Å². The van der Waals surface area contributed by atoms with E-state index in [4.69, 9.17) is 4.74 Å². The number of nitrogens with one attached hydrogen (secondary N) is 1. The molecule has 3 aromatic rings. The van der Waals surface area contributed by atoms with Crippen LogP contribution in [0.3, 0.4) is 0 Å². The van der Waals surface area contributed by atoms with Crippen LogP contribution in [0.25, 0.3) is 0 Å². The van der Waals surface area contributed by atoms with Crippen molar-refractivity contribution in [2.24, 2.45) is 0 Å². The van der Waals surface area contributed by atoms with Gasteiger partial charge in [-0.05, 0) is 61.4 Å². The second-order valence-electron chi connectivity index (χ2n) is 5.46. The van der Waals surface area contributed by atoms with Gasteiger partial charge in [0, 0.05) is 10.6 Å². The summed E-state index contributed by atoms with van der Waals surface area (Å²) in [6.07, 6.45) is 0.954. The van der Waals surface area contributed by atoms with Crippen LogP contribution in [0.2, 0.25) is 0 Å². The molecule has 1 amide bonds. The summed E-state index contributed by atoms with van der Waals surface area (Å²) in [6.45, 7) is 4.15. The fraction of sp³-hybridized carbons (Fsp3) is 0.150. The van der Waals surface area contributed by atoms with E-state index in [0.717, 1.165) is 28.5 Å². The highest BCUT2D eigenvalue weighted by atomic mass is 32.1. The summed E-state index contributed by atoms with van der Waals surface area (Å²) < 4.78 is 5.75. The van der Waals surface area contributed by atoms with Crippen molar-refractivity contribution in [3.63, 3.8) is 0 Å². The van der Waals surface area contributed by atoms with Gasteiger partial charge in [0.15, 0.2) is 0 Å². The lowest BCUT2D eigenvalue weighted by Gasteiger charge is -2.07. The Labute approximate surface area is 145 Å². The topological polar surface area (TPSA) is 38.3 Å². The molecule has 0 fully saturated rings. The van der Waals surface area contributed by atoms with E-state index in [2.05, 4.69) is 12.2 Å². The van der Waals surface area contributed by atoms with Crippen LogP contribution < -0.4 is 10.1 Å². The van der Waals surface area contributed by atoms with E-state index in [-0.39, 0.29) is 5.91 Å². The third kappa shape index (κ3) is 3.84. The van der Waals surface area contributed by atoms with Gasteiger partial charge in [-0.25, -0.2) is 0 Å². The van der Waals surface area contributed by atoms with Gasteiger partial charge in [0.05, 0.1) is 4.88 Å². The highest BCUT2D eigenvalue weighted by molar-refractivity contribution is 7.14. The van der Waals surface area contributed by atoms with E-state index in [1.165, 1.54) is 10.4 Å². The average molecular weight is 337 g/mol. The fourth-order valence-corrected chi connectivity index (χ4v) is 3.42. The summed E-state index contributed by atoms with van der Waals surface area (Å²) in [5, 5.41) is 2.93. The lowest BCUT2D eigenvalue weighted by atomic mass is 10.2. The number of rotatable bonds is 5. The largest absolute Gasteiger partial charge is 0.457 e. The summed E-state index contributed by atoms with van der Waals surface area (Å²) in [7, 11) is 0. The van der Waals surface area contributed by atoms with Crippen molar-refractivity contribution in [3.8, 4) is 11.5 Å². The van der Waals surface area contributed by atoms with Crippen LogP contribution in [0.15, 0.2) is 60.7 Å². The first-order chi connectivity index (χ1) is 11.7. The molecule has 0 aliphatic carbocycles. The van der Waals surface area contributed by atoms with Gasteiger partial charge in [0.1, 0.15) is 11.5 Å². The maximum Gasteiger partial charge on any atom is 0.265 e. The number of hydrogen-bond donors (Lipinski definition) is 1. The molecule has 24 heavy (non-hydrogen) atoms. The van der Waals surface area contributed by atoms with Crippen molar-refractivity contribution in [2.75, 3.05) is 5.32 Å². The zero-order valence-corrected chi connectivity index (χ0v) is 14.5. The molecule has 1 N–H and O–H groups in total. The molecule has 122 valence electrons. The highest BCUT2D eigenvalue weighted by Crippen LogP contribution is 2.25. The first-order valence-electron chi connectivity index (χ1n) is 7.89. The van der Waals surface area contributed by atoms with E-state index < -0.39 is 0 Å². The van der Waals surface area contributed by atoms with Crippen LogP contribution >= 0.6 is 11.3 Å². The van der Waals surface area contributed by atoms with Gasteiger partial charge in [0.25, 0.3) is 5.91 Å². The van der Waals surface area contributed by atoms with Crippen molar-refractivity contribution >= 4 is 22.9 Å². The number of hydrogen-bond acceptors (Lipinski definition) is 3. The number of anilines is 1. The molecule has 0 unspecified atom stereocenters. The summed E-state index contributed by atoms with van der Waals surface area (Å²) >= 11 is 1.56. The predicted molar refractivity (Wildman–Crippen MR) is 99.3 cm³/mol. The smallest absolute Gasteiger partial charge is 0.265 e. The predicted octanol–water partition coefficient (Wildman–Crippen LogP) is 5.66. The van der Waals surface area contributed by atoms with Gasteiger partial charge >= 0.3 is 0 Å². The maximum absolute atomic E-state index is 12.3. The molecule has 0 aliphatic heterocycles. The lowest BCUT2D eigenvalue weighted by molar-refractivity contribution is 0.103. The molecule has 2 aromatic carbocycles. The molecule has 1 aromatic heterocycles. The third-order valence-corrected chi connectivity index (χ3v) is 5.04. The number of aryl methyl sites for hydroxylation is 2. The molecule has 4 heteroatoms. The van der Waals surface area contributed by atoms with E-state index in [0.29, 0.717) is 0 Å². The normalized spacial score (nSPS) is 10.4. The van der Waals surface area contributed by atoms with Crippen LogP contribution in [-0.2, 0) is 6.42 Å². The van der Waals surface area contributed by atoms with E-state index in [1.807, 2.05) is 67.6 Å². The van der Waals surface area contributed by atoms with Gasteiger partial charge in [-0.1, -0.05) is 25.1 Å². The van der Waals surface area contributed by atoms with Crippen LogP contribution in [0.4, 0.5) is 5.69 Å². The number of carbonyl (C=O) groups is 1. The molecule has 0 saturated carbocycles. The number of ether oxygens (including phenoxy) is 1. The van der Waals surface area contributed by atoms with E-state index in [1.54, 1.807) is 11.3 Å². The van der Waals surface area contributed by atoms with Gasteiger partial charge in [-0.2, -0.15) is 0 Å². The standard InChI is InChI=1S/C20H19NO2S/c1-3-18-14(2)13-19(24-18)20(22)21-15-9-11-17(12-10-15)23-16-7-5-4-6-8-16/h4-13H,3H2,1-2H3,(H,21,22). The minimum atomic E-state index is -0.0699. The Hall–Kier alpha value is -2.59. The van der Waals surface area contributed by atoms with Crippen molar-refractivity contribution in [2.45, 2.75) is 20.3 Å². The molecule has 3 rings (SSSR count). The number of para-hydroxylation sites is 1. The van der Waals surface area contributed by atoms with Gasteiger partial charge in [-0.15, -0.1) is 11.3 Å². The highest BCUT2D eigenvalue weighted by Gasteiger charge is 2.12. The SMILES string of the molecule is CCc1sc(C(=O)Nc2ccc(Oc3ccccc3)cc2)cc1C. The third-order valence-electron chi connectivity index (χ3n) is 3.66. The molecule has 0 atom stereocenters. The minimum Gasteiger partial charge on any atom is -0.457 e. The van der Waals surface area contributed by atoms with Crippen LogP contribution in [0.5, 0.6) is 11.5 Å². The Balaban J connectivity index is 1.66. The second-order valence-corrected chi connectivity index (χ2v) is 6.60. The molecular weight excluding hydrogens is 318 g/mol. The average Bonchev–Trinajstić information content (AvgIpc) is 2.99. The Morgan fingerprint density at radius 2 is 1.71 bits per heavy atom. The summed E-state index contributed by atoms with van der Waals surface area (Å²) in [6, 6.07) is 18.9. The Morgan fingerprint density at radius 1 is 1.04 bits per heavy atom. The maximum atomic E-state index is 12.3. The molecule has 0 radical (unpaired) electrons. The summed E-state index contributed by atoms with van der Waals surface area (Å²) in [4.78, 5) is 14.3. The van der Waals surface area contributed by atoms with Crippen molar-refractivity contribution in [1.29, 1.82) is 0 Å². The van der Waals surface area contributed by atoms with Crippen LogP contribution in [0, 0.1) is 6.92 Å². The summed E-state index contributed by atoms with van der Waals surface area (Å²) in [5.74, 6) is 1.45. The monoisotopic (exact) mass is 337 g/mol. The molecular formula is C20H19NO2S. The van der Waals surface area contributed by atoms with Gasteiger partial charge < -0.3 is 10.1 Å². The fourth-order valence-electron chi connectivity index (χ4n) is 2.41. The summed E-state index contributed by atoms with van der Waals surface area (Å²) in [5.41, 5.74) is 1.93. The number of benzene rings is 2. The van der Waals surface area contributed by atoms with E-state index in [9.17, 15) is 4.79 Å². The van der Waals surface area contributed by atoms with Crippen molar-refractivity contribution in [3.05, 3.63) is 76.0 Å². The Morgan fingerprint density at radius 3 is 2.33 bits per heavy atom. The Bertz CT molecular complexity index is 823. The quantitative estimate of drug-likeness (QED) is 0.652. The number of amides is 1. The molecule has 0 spiro atoms. The van der Waals surface area contributed by atoms with Gasteiger partial charge in [0.2, 0.25) is 0 Å². The number of thiophene rings is 1. The molecule has 0 bridgehead atoms. The van der Waals surface area contributed by atoms with Crippen molar-refractivity contribution < 1.29 is 9.53 Å². The molecule has 1 heterocycles. The first kappa shape index (κ1) is 16.3. The Kier molecular flexibility index (Phi) is 4.96. The first-order valence-corrected chi connectivity index (χ1v) is 8.71. The molecule has 0 aliphatic rings. The molecule has 3 nitrogen and oxygen atoms in total. The number of carbonyl (C=O) groups excluding carboxylic acids is 1. The van der Waals surface area contributed by atoms with Crippen LogP contribution in [0.1, 0.15) is 27.0 Å². The van der Waals surface area contributed by atoms with Gasteiger partial charge in [-0.3, -0.25) is 4.79 Å². The second kappa shape index (κ2) is 7.32. The minimum absolute atomic E-state index is 0.0699. The zero-order chi connectivity index (χ0) is 16.9.